The van der Waals surface area contributed by atoms with Gasteiger partial charge in [-0.1, -0.05) is 24.3 Å². The molecule has 3 aromatic carbocycles. The maximum Gasteiger partial charge on any atom is 0.229 e. The van der Waals surface area contributed by atoms with Gasteiger partial charge in [0.1, 0.15) is 47.4 Å². The highest BCUT2D eigenvalue weighted by molar-refractivity contribution is 6.31. The fraction of sp³-hybridized carbons (Fsp3) is 0.512. The minimum Gasteiger partial charge on any atom is -0.507 e. The van der Waals surface area contributed by atoms with E-state index in [0.717, 1.165) is 5.56 Å². The summed E-state index contributed by atoms with van der Waals surface area (Å²) >= 11 is 0. The lowest BCUT2D eigenvalue weighted by Gasteiger charge is -2.44. The molecular formula is C41H49NO16. The fourth-order valence-electron chi connectivity index (χ4n) is 8.40. The number of fused-ring (bicyclic) bond motifs is 3. The maximum atomic E-state index is 14.0. The number of hydrogen-bond donors (Lipinski definition) is 10. The van der Waals surface area contributed by atoms with Crippen LogP contribution in [0.15, 0.2) is 36.4 Å². The van der Waals surface area contributed by atoms with Crippen LogP contribution < -0.4 is 14.8 Å². The third kappa shape index (κ3) is 7.24. The normalized spacial score (nSPS) is 32.5. The number of phenolic OH excluding ortho intramolecular Hbond substituents is 2. The van der Waals surface area contributed by atoms with Crippen molar-refractivity contribution in [3.05, 3.63) is 80.9 Å². The molecule has 2 saturated heterocycles. The Kier molecular flexibility index (Phi) is 11.6. The van der Waals surface area contributed by atoms with E-state index < -0.39 is 114 Å². The summed E-state index contributed by atoms with van der Waals surface area (Å²) in [5, 5.41) is 100. The number of rotatable bonds is 10. The molecule has 0 bridgehead atoms. The van der Waals surface area contributed by atoms with Crippen molar-refractivity contribution in [2.45, 2.75) is 120 Å². The van der Waals surface area contributed by atoms with Crippen molar-refractivity contribution in [3.63, 3.8) is 0 Å². The number of aliphatic hydroxyl groups is 7. The summed E-state index contributed by atoms with van der Waals surface area (Å²) in [4.78, 5) is 27.8. The Hall–Kier alpha value is -4.24. The molecule has 0 amide bonds. The molecule has 2 aliphatic carbocycles. The van der Waals surface area contributed by atoms with Crippen LogP contribution in [0.3, 0.4) is 0 Å². The number of methoxy groups -OCH3 is 1. The van der Waals surface area contributed by atoms with Crippen LogP contribution in [0.4, 0.5) is 0 Å². The van der Waals surface area contributed by atoms with Gasteiger partial charge in [-0.2, -0.15) is 0 Å². The topological polar surface area (TPSA) is 274 Å². The van der Waals surface area contributed by atoms with Gasteiger partial charge < -0.3 is 75.0 Å². The number of nitrogens with one attached hydrogen (secondary N) is 1. The van der Waals surface area contributed by atoms with E-state index in [1.807, 2.05) is 0 Å². The molecule has 0 spiro atoms. The minimum absolute atomic E-state index is 0.0323. The van der Waals surface area contributed by atoms with E-state index in [4.69, 9.17) is 23.7 Å². The van der Waals surface area contributed by atoms with Crippen LogP contribution in [-0.4, -0.2) is 138 Å². The van der Waals surface area contributed by atoms with E-state index >= 15 is 0 Å². The van der Waals surface area contributed by atoms with Gasteiger partial charge in [0.25, 0.3) is 0 Å². The van der Waals surface area contributed by atoms with Gasteiger partial charge in [-0.05, 0) is 44.0 Å². The van der Waals surface area contributed by atoms with Crippen molar-refractivity contribution in [2.75, 3.05) is 13.7 Å². The number of benzene rings is 3. The predicted octanol–water partition coefficient (Wildman–Crippen LogP) is 0.139. The van der Waals surface area contributed by atoms with Crippen molar-refractivity contribution in [1.82, 2.24) is 5.32 Å². The second kappa shape index (κ2) is 16.1. The number of hydrogen-bond acceptors (Lipinski definition) is 17. The van der Waals surface area contributed by atoms with Gasteiger partial charge in [0.2, 0.25) is 12.1 Å². The lowest BCUT2D eigenvalue weighted by atomic mass is 9.71. The van der Waals surface area contributed by atoms with Crippen molar-refractivity contribution in [3.8, 4) is 23.0 Å². The molecular weight excluding hydrogens is 762 g/mol. The highest BCUT2D eigenvalue weighted by Crippen LogP contribution is 2.53. The quantitative estimate of drug-likeness (QED) is 0.0954. The van der Waals surface area contributed by atoms with Crippen molar-refractivity contribution >= 4 is 11.6 Å². The van der Waals surface area contributed by atoms with Crippen molar-refractivity contribution < 1.29 is 79.2 Å². The van der Waals surface area contributed by atoms with E-state index in [1.165, 1.54) is 32.2 Å². The summed E-state index contributed by atoms with van der Waals surface area (Å²) in [5.74, 6) is -2.33. The second-order valence-electron chi connectivity index (χ2n) is 15.6. The molecule has 58 heavy (non-hydrogen) atoms. The predicted molar refractivity (Wildman–Crippen MR) is 200 cm³/mol. The number of phenols is 2. The molecule has 10 N–H and O–H groups in total. The van der Waals surface area contributed by atoms with Crippen LogP contribution in [0.5, 0.6) is 23.0 Å². The Morgan fingerprint density at radius 3 is 2.33 bits per heavy atom. The van der Waals surface area contributed by atoms with Crippen molar-refractivity contribution in [2.24, 2.45) is 0 Å². The Bertz CT molecular complexity index is 2070. The largest absolute Gasteiger partial charge is 0.507 e. The van der Waals surface area contributed by atoms with Crippen LogP contribution in [-0.2, 0) is 27.2 Å². The number of ketones is 2. The molecule has 12 atom stereocenters. The van der Waals surface area contributed by atoms with Crippen molar-refractivity contribution in [1.29, 1.82) is 0 Å². The Labute approximate surface area is 333 Å². The monoisotopic (exact) mass is 811 g/mol. The lowest BCUT2D eigenvalue weighted by molar-refractivity contribution is -0.277. The standard InChI is InChI=1S/C41H49NO16/c1-16-10-19(8-9-23(16)57-40-39(52)38(51)35(48)26(15-43)58-40)14-42-22-11-27(55-17(2)32(22)45)56-25-13-41(53,18(3)44)12-21-29(25)37(50)31-30(34(21)47)33(46)20-6-5-7-24(54-4)28(20)36(31)49/h5-10,17-18,22,25-27,32,35,38-40,42-45,47-48,50-53H,11-15H2,1-4H3/t17?,18?,22-,25-,26?,27-,32-,35-,38?,39?,40+,41-/m0/s1. The first-order valence-electron chi connectivity index (χ1n) is 19.1. The van der Waals surface area contributed by atoms with Gasteiger partial charge in [-0.25, -0.2) is 0 Å². The number of carbonyl (C=O) groups is 2. The molecule has 2 heterocycles. The highest BCUT2D eigenvalue weighted by Gasteiger charge is 2.50. The Morgan fingerprint density at radius 1 is 0.931 bits per heavy atom. The summed E-state index contributed by atoms with van der Waals surface area (Å²) in [6.07, 6.45) is -13.3. The molecule has 5 unspecified atom stereocenters. The second-order valence-corrected chi connectivity index (χ2v) is 15.6. The molecule has 7 rings (SSSR count). The molecule has 2 fully saturated rings. The molecule has 2 aliphatic heterocycles. The number of ether oxygens (including phenoxy) is 5. The molecule has 4 aliphatic rings. The van der Waals surface area contributed by atoms with Gasteiger partial charge in [-0.3, -0.25) is 9.59 Å². The first-order chi connectivity index (χ1) is 27.5. The number of aromatic hydroxyl groups is 2. The number of carbonyl (C=O) groups excluding carboxylic acids is 2. The van der Waals surface area contributed by atoms with Crippen LogP contribution >= 0.6 is 0 Å². The van der Waals surface area contributed by atoms with Crippen LogP contribution in [0.2, 0.25) is 0 Å². The summed E-state index contributed by atoms with van der Waals surface area (Å²) < 4.78 is 29.1. The molecule has 0 saturated carbocycles. The van der Waals surface area contributed by atoms with Gasteiger partial charge in [0.05, 0.1) is 60.4 Å². The maximum absolute atomic E-state index is 14.0. The van der Waals surface area contributed by atoms with Crippen LogP contribution in [0, 0.1) is 6.92 Å². The summed E-state index contributed by atoms with van der Waals surface area (Å²) in [7, 11) is 1.33. The third-order valence-corrected chi connectivity index (χ3v) is 11.8. The van der Waals surface area contributed by atoms with Gasteiger partial charge >= 0.3 is 0 Å². The minimum atomic E-state index is -1.90. The van der Waals surface area contributed by atoms with Crippen LogP contribution in [0.25, 0.3) is 0 Å². The van der Waals surface area contributed by atoms with Gasteiger partial charge in [-0.15, -0.1) is 0 Å². The van der Waals surface area contributed by atoms with E-state index in [-0.39, 0.29) is 53.8 Å². The SMILES string of the molecule is COc1cccc2c1C(=O)c1c(O)c3c(c(O)c1C2=O)C[C@@](O)(C(C)O)C[C@@H]3O[C@H]1C[C@H](NCc2ccc(O[C@@H]3OC(CO)[C@H](O)C(O)C3O)c(C)c2)[C@@H](O)C(C)O1. The molecule has 314 valence electrons. The zero-order valence-electron chi connectivity index (χ0n) is 32.2. The molecule has 17 heteroatoms. The number of aryl methyl sites for hydroxylation is 1. The average molecular weight is 812 g/mol. The van der Waals surface area contributed by atoms with E-state index in [2.05, 4.69) is 5.32 Å². The Morgan fingerprint density at radius 2 is 1.66 bits per heavy atom. The summed E-state index contributed by atoms with van der Waals surface area (Å²) in [6.45, 7) is 4.40. The van der Waals surface area contributed by atoms with E-state index in [1.54, 1.807) is 32.0 Å². The fourth-order valence-corrected chi connectivity index (χ4v) is 8.40. The summed E-state index contributed by atoms with van der Waals surface area (Å²) in [5.41, 5.74) is -1.60. The zero-order chi connectivity index (χ0) is 42.0. The summed E-state index contributed by atoms with van der Waals surface area (Å²) in [6, 6.07) is 8.96. The van der Waals surface area contributed by atoms with E-state index in [9.17, 15) is 55.5 Å². The average Bonchev–Trinajstić information content (AvgIpc) is 3.19. The smallest absolute Gasteiger partial charge is 0.229 e. The molecule has 0 radical (unpaired) electrons. The molecule has 17 nitrogen and oxygen atoms in total. The lowest BCUT2D eigenvalue weighted by Crippen LogP contribution is -2.60. The van der Waals surface area contributed by atoms with Crippen LogP contribution in [0.1, 0.15) is 86.9 Å². The zero-order valence-corrected chi connectivity index (χ0v) is 32.2. The van der Waals surface area contributed by atoms with E-state index in [0.29, 0.717) is 11.3 Å². The molecule has 3 aromatic rings. The third-order valence-electron chi connectivity index (χ3n) is 11.8. The molecule has 0 aromatic heterocycles. The first kappa shape index (κ1) is 41.9. The number of aliphatic hydroxyl groups excluding tert-OH is 6. The highest BCUT2D eigenvalue weighted by atomic mass is 16.7. The van der Waals surface area contributed by atoms with Gasteiger partial charge in [0.15, 0.2) is 12.1 Å². The first-order valence-corrected chi connectivity index (χ1v) is 19.1. The Balaban J connectivity index is 1.11. The van der Waals surface area contributed by atoms with Gasteiger partial charge in [0, 0.05) is 48.5 Å².